The zero-order valence-corrected chi connectivity index (χ0v) is 12.6. The Balaban J connectivity index is 1.94. The second-order valence-corrected chi connectivity index (χ2v) is 6.96. The molecule has 0 aliphatic carbocycles. The Morgan fingerprint density at radius 2 is 2.25 bits per heavy atom. The molecule has 0 saturated carbocycles. The Bertz CT molecular complexity index is 434. The van der Waals surface area contributed by atoms with Crippen LogP contribution in [0.4, 0.5) is 0 Å². The van der Waals surface area contributed by atoms with Crippen molar-refractivity contribution in [3.8, 4) is 0 Å². The fourth-order valence-electron chi connectivity index (χ4n) is 2.65. The highest BCUT2D eigenvalue weighted by molar-refractivity contribution is 7.87. The summed E-state index contributed by atoms with van der Waals surface area (Å²) >= 11 is 0. The number of nitrogens with zero attached hydrogens (tertiary/aromatic N) is 1. The van der Waals surface area contributed by atoms with Crippen LogP contribution in [0.1, 0.15) is 26.2 Å². The normalized spacial score (nSPS) is 28.4. The molecule has 2 aliphatic heterocycles. The summed E-state index contributed by atoms with van der Waals surface area (Å²) in [6.45, 7) is 4.25. The van der Waals surface area contributed by atoms with Gasteiger partial charge in [0.1, 0.15) is 0 Å². The maximum absolute atomic E-state index is 12.3. The van der Waals surface area contributed by atoms with Crippen molar-refractivity contribution in [3.05, 3.63) is 0 Å². The van der Waals surface area contributed by atoms with Crippen molar-refractivity contribution in [2.75, 3.05) is 32.8 Å². The van der Waals surface area contributed by atoms with Crippen LogP contribution >= 0.6 is 0 Å². The Morgan fingerprint density at radius 3 is 2.90 bits per heavy atom. The molecular formula is C12H23N3O4S. The Kier molecular flexibility index (Phi) is 5.36. The van der Waals surface area contributed by atoms with Crippen LogP contribution in [0, 0.1) is 5.92 Å². The summed E-state index contributed by atoms with van der Waals surface area (Å²) in [7, 11) is -3.51. The van der Waals surface area contributed by atoms with Crippen molar-refractivity contribution in [1.29, 1.82) is 0 Å². The SMILES string of the molecule is CCOC(=O)C1CCCN(S(=O)(=O)N[C@H]2CCNC2)C1. The van der Waals surface area contributed by atoms with Crippen molar-refractivity contribution >= 4 is 16.2 Å². The van der Waals surface area contributed by atoms with E-state index in [2.05, 4.69) is 10.0 Å². The number of carbonyl (C=O) groups is 1. The number of nitrogens with one attached hydrogen (secondary N) is 2. The van der Waals surface area contributed by atoms with Crippen molar-refractivity contribution in [3.63, 3.8) is 0 Å². The van der Waals surface area contributed by atoms with Crippen LogP contribution in [0.25, 0.3) is 0 Å². The van der Waals surface area contributed by atoms with Crippen molar-refractivity contribution in [2.24, 2.45) is 5.92 Å². The summed E-state index contributed by atoms with van der Waals surface area (Å²) in [5.74, 6) is -0.642. The van der Waals surface area contributed by atoms with Gasteiger partial charge in [0.2, 0.25) is 0 Å². The Labute approximate surface area is 120 Å². The van der Waals surface area contributed by atoms with Gasteiger partial charge in [-0.2, -0.15) is 17.4 Å². The highest BCUT2D eigenvalue weighted by Crippen LogP contribution is 2.20. The van der Waals surface area contributed by atoms with Crippen molar-refractivity contribution in [1.82, 2.24) is 14.3 Å². The summed E-state index contributed by atoms with van der Waals surface area (Å²) in [4.78, 5) is 11.7. The fourth-order valence-corrected chi connectivity index (χ4v) is 4.17. The first-order chi connectivity index (χ1) is 9.53. The lowest BCUT2D eigenvalue weighted by Gasteiger charge is -2.31. The zero-order valence-electron chi connectivity index (χ0n) is 11.8. The molecule has 0 bridgehead atoms. The molecule has 0 amide bonds. The maximum Gasteiger partial charge on any atom is 0.310 e. The second kappa shape index (κ2) is 6.84. The van der Waals surface area contributed by atoms with Crippen LogP contribution in [0.15, 0.2) is 0 Å². The summed E-state index contributed by atoms with van der Waals surface area (Å²) in [6.07, 6.45) is 2.18. The highest BCUT2D eigenvalue weighted by atomic mass is 32.2. The van der Waals surface area contributed by atoms with Gasteiger partial charge in [-0.3, -0.25) is 4.79 Å². The lowest BCUT2D eigenvalue weighted by Crippen LogP contribution is -2.50. The molecule has 2 heterocycles. The quantitative estimate of drug-likeness (QED) is 0.666. The summed E-state index contributed by atoms with van der Waals surface area (Å²) in [5, 5.41) is 3.12. The largest absolute Gasteiger partial charge is 0.466 e. The molecule has 116 valence electrons. The minimum Gasteiger partial charge on any atom is -0.466 e. The average molecular weight is 305 g/mol. The van der Waals surface area contributed by atoms with E-state index in [0.29, 0.717) is 32.5 Å². The molecule has 0 spiro atoms. The smallest absolute Gasteiger partial charge is 0.310 e. The Morgan fingerprint density at radius 1 is 1.45 bits per heavy atom. The molecule has 0 radical (unpaired) electrons. The average Bonchev–Trinajstić information content (AvgIpc) is 2.91. The summed E-state index contributed by atoms with van der Waals surface area (Å²) < 4.78 is 33.7. The van der Waals surface area contributed by atoms with E-state index in [-0.39, 0.29) is 24.5 Å². The lowest BCUT2D eigenvalue weighted by atomic mass is 10.0. The zero-order chi connectivity index (χ0) is 14.6. The fraction of sp³-hybridized carbons (Fsp3) is 0.917. The minimum atomic E-state index is -3.51. The summed E-state index contributed by atoms with van der Waals surface area (Å²) in [5.41, 5.74) is 0. The van der Waals surface area contributed by atoms with E-state index in [4.69, 9.17) is 4.74 Å². The topological polar surface area (TPSA) is 87.7 Å². The van der Waals surface area contributed by atoms with Gasteiger partial charge in [-0.15, -0.1) is 0 Å². The van der Waals surface area contributed by atoms with Gasteiger partial charge in [-0.05, 0) is 32.7 Å². The van der Waals surface area contributed by atoms with E-state index >= 15 is 0 Å². The molecule has 2 saturated heterocycles. The molecule has 0 aromatic carbocycles. The van der Waals surface area contributed by atoms with Crippen LogP contribution in [0.3, 0.4) is 0 Å². The molecule has 20 heavy (non-hydrogen) atoms. The maximum atomic E-state index is 12.3. The van der Waals surface area contributed by atoms with E-state index in [0.717, 1.165) is 13.0 Å². The van der Waals surface area contributed by atoms with Crippen LogP contribution in [0.5, 0.6) is 0 Å². The van der Waals surface area contributed by atoms with Crippen LogP contribution < -0.4 is 10.0 Å². The van der Waals surface area contributed by atoms with E-state index in [1.165, 1.54) is 4.31 Å². The number of esters is 1. The monoisotopic (exact) mass is 305 g/mol. The standard InChI is InChI=1S/C12H23N3O4S/c1-2-19-12(16)10-4-3-7-15(9-10)20(17,18)14-11-5-6-13-8-11/h10-11,13-14H,2-9H2,1H3/t10?,11-/m0/s1. The number of hydrogen-bond acceptors (Lipinski definition) is 5. The van der Waals surface area contributed by atoms with Crippen LogP contribution in [-0.4, -0.2) is 57.5 Å². The number of carbonyl (C=O) groups excluding carboxylic acids is 1. The van der Waals surface area contributed by atoms with Gasteiger partial charge < -0.3 is 10.1 Å². The molecule has 2 N–H and O–H groups in total. The number of rotatable bonds is 5. The molecule has 0 aromatic rings. The third kappa shape index (κ3) is 3.91. The van der Waals surface area contributed by atoms with Gasteiger partial charge in [0.25, 0.3) is 10.2 Å². The van der Waals surface area contributed by atoms with Gasteiger partial charge in [0, 0.05) is 25.7 Å². The molecule has 7 nitrogen and oxygen atoms in total. The van der Waals surface area contributed by atoms with E-state index < -0.39 is 10.2 Å². The first-order valence-electron chi connectivity index (χ1n) is 7.17. The van der Waals surface area contributed by atoms with Crippen LogP contribution in [-0.2, 0) is 19.7 Å². The molecule has 2 fully saturated rings. The molecule has 1 unspecified atom stereocenters. The molecule has 2 atom stereocenters. The highest BCUT2D eigenvalue weighted by Gasteiger charge is 2.34. The molecule has 8 heteroatoms. The molecule has 0 aromatic heterocycles. The molecular weight excluding hydrogens is 282 g/mol. The van der Waals surface area contributed by atoms with E-state index in [1.807, 2.05) is 0 Å². The second-order valence-electron chi connectivity index (χ2n) is 5.26. The predicted molar refractivity (Wildman–Crippen MR) is 74.3 cm³/mol. The van der Waals surface area contributed by atoms with E-state index in [1.54, 1.807) is 6.92 Å². The minimum absolute atomic E-state index is 0.0528. The number of piperidine rings is 1. The van der Waals surface area contributed by atoms with Gasteiger partial charge in [-0.25, -0.2) is 0 Å². The molecule has 2 aliphatic rings. The van der Waals surface area contributed by atoms with E-state index in [9.17, 15) is 13.2 Å². The predicted octanol–water partition coefficient (Wildman–Crippen LogP) is -0.542. The lowest BCUT2D eigenvalue weighted by molar-refractivity contribution is -0.149. The van der Waals surface area contributed by atoms with Gasteiger partial charge >= 0.3 is 5.97 Å². The third-order valence-corrected chi connectivity index (χ3v) is 5.36. The van der Waals surface area contributed by atoms with Gasteiger partial charge in [0.05, 0.1) is 12.5 Å². The first-order valence-corrected chi connectivity index (χ1v) is 8.61. The third-order valence-electron chi connectivity index (χ3n) is 3.72. The Hall–Kier alpha value is -0.700. The van der Waals surface area contributed by atoms with Crippen molar-refractivity contribution < 1.29 is 17.9 Å². The van der Waals surface area contributed by atoms with Crippen LogP contribution in [0.2, 0.25) is 0 Å². The number of hydrogen-bond donors (Lipinski definition) is 2. The van der Waals surface area contributed by atoms with Gasteiger partial charge in [0.15, 0.2) is 0 Å². The number of ether oxygens (including phenoxy) is 1. The summed E-state index contributed by atoms with van der Waals surface area (Å²) in [6, 6.07) is -0.0528. The molecule has 2 rings (SSSR count). The first kappa shape index (κ1) is 15.7. The van der Waals surface area contributed by atoms with Crippen molar-refractivity contribution in [2.45, 2.75) is 32.2 Å². The van der Waals surface area contributed by atoms with Gasteiger partial charge in [-0.1, -0.05) is 0 Å².